The number of rotatable bonds is 6. The average Bonchev–Trinajstić information content (AvgIpc) is 2.71. The number of hydrogen-bond acceptors (Lipinski definition) is 7. The second-order valence-electron chi connectivity index (χ2n) is 5.70. The van der Waals surface area contributed by atoms with E-state index in [1.807, 2.05) is 0 Å². The summed E-state index contributed by atoms with van der Waals surface area (Å²) in [6.07, 6.45) is 0. The van der Waals surface area contributed by atoms with Crippen molar-refractivity contribution in [3.8, 4) is 28.5 Å². The number of aromatic carboxylic acids is 1. The Hall–Kier alpha value is -3.88. The molecule has 0 spiro atoms. The molecule has 0 radical (unpaired) electrons. The summed E-state index contributed by atoms with van der Waals surface area (Å²) in [6, 6.07) is 8.62. The molecular weight excluding hydrogens is 368 g/mol. The van der Waals surface area contributed by atoms with Crippen LogP contribution in [0.4, 0.5) is 5.69 Å². The number of hydrogen-bond donors (Lipinski definition) is 1. The van der Waals surface area contributed by atoms with E-state index in [0.29, 0.717) is 22.5 Å². The van der Waals surface area contributed by atoms with E-state index in [4.69, 9.17) is 14.2 Å². The van der Waals surface area contributed by atoms with Crippen molar-refractivity contribution in [3.63, 3.8) is 0 Å². The molecule has 0 fully saturated rings. The Balaban J connectivity index is 2.33. The summed E-state index contributed by atoms with van der Waals surface area (Å²) in [5.41, 5.74) is 1.08. The minimum atomic E-state index is -1.18. The van der Waals surface area contributed by atoms with Gasteiger partial charge in [-0.3, -0.25) is 10.1 Å². The van der Waals surface area contributed by atoms with Gasteiger partial charge < -0.3 is 19.3 Å². The molecule has 0 atom stereocenters. The predicted molar refractivity (Wildman–Crippen MR) is 100 cm³/mol. The number of ether oxygens (including phenoxy) is 3. The molecule has 0 amide bonds. The van der Waals surface area contributed by atoms with Gasteiger partial charge in [-0.15, -0.1) is 0 Å². The molecule has 0 aliphatic rings. The minimum Gasteiger partial charge on any atom is -0.493 e. The van der Waals surface area contributed by atoms with Gasteiger partial charge in [0, 0.05) is 23.8 Å². The van der Waals surface area contributed by atoms with E-state index < -0.39 is 10.9 Å². The lowest BCUT2D eigenvalue weighted by Crippen LogP contribution is -2.04. The van der Waals surface area contributed by atoms with E-state index in [1.165, 1.54) is 51.7 Å². The standard InChI is InChI=1S/C19H16N2O7/c1-26-15-9-14-16(18(28-3)17(15)27-2)12(19(22)23)8-13(20-14)10-4-6-11(7-5-10)21(24)25/h4-9H,1-3H3,(H,22,23). The Morgan fingerprint density at radius 2 is 1.68 bits per heavy atom. The summed E-state index contributed by atoms with van der Waals surface area (Å²) < 4.78 is 16.0. The highest BCUT2D eigenvalue weighted by Gasteiger charge is 2.23. The fourth-order valence-electron chi connectivity index (χ4n) is 2.93. The van der Waals surface area contributed by atoms with Gasteiger partial charge in [0.15, 0.2) is 11.5 Å². The molecule has 144 valence electrons. The van der Waals surface area contributed by atoms with Crippen LogP contribution in [0, 0.1) is 10.1 Å². The summed E-state index contributed by atoms with van der Waals surface area (Å²) in [4.78, 5) is 26.8. The highest BCUT2D eigenvalue weighted by molar-refractivity contribution is 6.08. The summed E-state index contributed by atoms with van der Waals surface area (Å²) in [7, 11) is 4.26. The van der Waals surface area contributed by atoms with Crippen LogP contribution in [0.15, 0.2) is 36.4 Å². The van der Waals surface area contributed by atoms with Crippen molar-refractivity contribution < 1.29 is 29.0 Å². The van der Waals surface area contributed by atoms with Crippen LogP contribution in [-0.4, -0.2) is 42.3 Å². The van der Waals surface area contributed by atoms with Crippen molar-refractivity contribution in [2.24, 2.45) is 0 Å². The number of pyridine rings is 1. The predicted octanol–water partition coefficient (Wildman–Crippen LogP) is 3.53. The molecule has 0 aliphatic carbocycles. The zero-order valence-electron chi connectivity index (χ0n) is 15.3. The van der Waals surface area contributed by atoms with Crippen LogP contribution in [0.5, 0.6) is 17.2 Å². The first-order valence-electron chi connectivity index (χ1n) is 8.03. The molecule has 0 saturated carbocycles. The van der Waals surface area contributed by atoms with E-state index in [9.17, 15) is 20.0 Å². The lowest BCUT2D eigenvalue weighted by molar-refractivity contribution is -0.384. The van der Waals surface area contributed by atoms with Gasteiger partial charge in [-0.1, -0.05) is 0 Å². The molecule has 9 heteroatoms. The smallest absolute Gasteiger partial charge is 0.336 e. The molecule has 0 aliphatic heterocycles. The fourth-order valence-corrected chi connectivity index (χ4v) is 2.93. The summed E-state index contributed by atoms with van der Waals surface area (Å²) in [5, 5.41) is 20.8. The van der Waals surface area contributed by atoms with Crippen LogP contribution >= 0.6 is 0 Å². The molecule has 1 aromatic heterocycles. The van der Waals surface area contributed by atoms with E-state index in [0.717, 1.165) is 0 Å². The number of non-ortho nitro benzene ring substituents is 1. The SMILES string of the molecule is COc1cc2nc(-c3ccc([N+](=O)[O-])cc3)cc(C(=O)O)c2c(OC)c1OC. The second kappa shape index (κ2) is 7.39. The molecule has 9 nitrogen and oxygen atoms in total. The Kier molecular flexibility index (Phi) is 4.99. The highest BCUT2D eigenvalue weighted by atomic mass is 16.6. The maximum atomic E-state index is 11.9. The van der Waals surface area contributed by atoms with Gasteiger partial charge in [-0.2, -0.15) is 0 Å². The van der Waals surface area contributed by atoms with Crippen LogP contribution in [-0.2, 0) is 0 Å². The first-order chi connectivity index (χ1) is 13.4. The lowest BCUT2D eigenvalue weighted by atomic mass is 10.0. The molecule has 3 aromatic rings. The molecule has 0 saturated heterocycles. The Morgan fingerprint density at radius 1 is 1.04 bits per heavy atom. The molecule has 28 heavy (non-hydrogen) atoms. The number of nitro benzene ring substituents is 1. The molecule has 0 bridgehead atoms. The normalized spacial score (nSPS) is 10.5. The van der Waals surface area contributed by atoms with Crippen LogP contribution in [0.1, 0.15) is 10.4 Å². The molecule has 0 unspecified atom stereocenters. The lowest BCUT2D eigenvalue weighted by Gasteiger charge is -2.16. The average molecular weight is 384 g/mol. The van der Waals surface area contributed by atoms with Crippen molar-refractivity contribution in [3.05, 3.63) is 52.1 Å². The van der Waals surface area contributed by atoms with E-state index in [-0.39, 0.29) is 28.1 Å². The largest absolute Gasteiger partial charge is 0.493 e. The molecule has 3 rings (SSSR count). The van der Waals surface area contributed by atoms with Crippen molar-refractivity contribution in [1.82, 2.24) is 4.98 Å². The summed E-state index contributed by atoms with van der Waals surface area (Å²) in [5.74, 6) is -0.403. The van der Waals surface area contributed by atoms with Gasteiger partial charge in [0.05, 0.1) is 48.4 Å². The van der Waals surface area contributed by atoms with Gasteiger partial charge in [-0.05, 0) is 18.2 Å². The topological polar surface area (TPSA) is 121 Å². The maximum Gasteiger partial charge on any atom is 0.336 e. The summed E-state index contributed by atoms with van der Waals surface area (Å²) >= 11 is 0. The van der Waals surface area contributed by atoms with E-state index in [2.05, 4.69) is 4.98 Å². The Bertz CT molecular complexity index is 1080. The number of carboxylic acid groups (broad SMARTS) is 1. The monoisotopic (exact) mass is 384 g/mol. The van der Waals surface area contributed by atoms with Gasteiger partial charge in [0.2, 0.25) is 5.75 Å². The maximum absolute atomic E-state index is 11.9. The van der Waals surface area contributed by atoms with Gasteiger partial charge >= 0.3 is 5.97 Å². The van der Waals surface area contributed by atoms with Crippen LogP contribution < -0.4 is 14.2 Å². The number of benzene rings is 2. The number of methoxy groups -OCH3 is 3. The number of fused-ring (bicyclic) bond motifs is 1. The van der Waals surface area contributed by atoms with Crippen molar-refractivity contribution >= 4 is 22.6 Å². The van der Waals surface area contributed by atoms with Crippen molar-refractivity contribution in [2.45, 2.75) is 0 Å². The van der Waals surface area contributed by atoms with Crippen molar-refractivity contribution in [2.75, 3.05) is 21.3 Å². The summed E-state index contributed by atoms with van der Waals surface area (Å²) in [6.45, 7) is 0. The number of carbonyl (C=O) groups is 1. The third-order valence-electron chi connectivity index (χ3n) is 4.20. The highest BCUT2D eigenvalue weighted by Crippen LogP contribution is 2.44. The number of carboxylic acids is 1. The first-order valence-corrected chi connectivity index (χ1v) is 8.03. The number of nitro groups is 1. The minimum absolute atomic E-state index is 0.0452. The van der Waals surface area contributed by atoms with Crippen LogP contribution in [0.3, 0.4) is 0 Å². The molecule has 1 N–H and O–H groups in total. The van der Waals surface area contributed by atoms with Gasteiger partial charge in [0.1, 0.15) is 0 Å². The first kappa shape index (κ1) is 18.9. The Labute approximate surface area is 159 Å². The van der Waals surface area contributed by atoms with Crippen LogP contribution in [0.25, 0.3) is 22.2 Å². The molecular formula is C19H16N2O7. The second-order valence-corrected chi connectivity index (χ2v) is 5.70. The van der Waals surface area contributed by atoms with Crippen LogP contribution in [0.2, 0.25) is 0 Å². The molecule has 2 aromatic carbocycles. The third kappa shape index (κ3) is 3.13. The van der Waals surface area contributed by atoms with Gasteiger partial charge in [-0.25, -0.2) is 9.78 Å². The Morgan fingerprint density at radius 3 is 2.18 bits per heavy atom. The van der Waals surface area contributed by atoms with Gasteiger partial charge in [0.25, 0.3) is 5.69 Å². The number of aromatic nitrogens is 1. The number of nitrogens with zero attached hydrogens (tertiary/aromatic N) is 2. The zero-order chi connectivity index (χ0) is 20.4. The van der Waals surface area contributed by atoms with E-state index >= 15 is 0 Å². The van der Waals surface area contributed by atoms with Crippen molar-refractivity contribution in [1.29, 1.82) is 0 Å². The fraction of sp³-hybridized carbons (Fsp3) is 0.158. The molecule has 1 heterocycles. The quantitative estimate of drug-likeness (QED) is 0.506. The zero-order valence-corrected chi connectivity index (χ0v) is 15.3. The van der Waals surface area contributed by atoms with E-state index in [1.54, 1.807) is 6.07 Å². The third-order valence-corrected chi connectivity index (χ3v) is 4.20.